The number of nitrogens with one attached hydrogen (secondary N) is 1. The zero-order valence-electron chi connectivity index (χ0n) is 19.2. The van der Waals surface area contributed by atoms with Crippen LogP contribution < -0.4 is 10.1 Å². The van der Waals surface area contributed by atoms with Crippen LogP contribution in [0.4, 0.5) is 13.2 Å². The zero-order chi connectivity index (χ0) is 26.1. The Kier molecular flexibility index (Phi) is 9.26. The van der Waals surface area contributed by atoms with Crippen LogP contribution in [0.3, 0.4) is 0 Å². The van der Waals surface area contributed by atoms with Crippen LogP contribution in [0.2, 0.25) is 0 Å². The number of alkyl halides is 3. The van der Waals surface area contributed by atoms with Gasteiger partial charge in [0, 0.05) is 12.5 Å². The van der Waals surface area contributed by atoms with Gasteiger partial charge in [-0.15, -0.1) is 0 Å². The second kappa shape index (κ2) is 12.4. The number of carboxylic acids is 2. The average molecular weight is 505 g/mol. The van der Waals surface area contributed by atoms with Gasteiger partial charge in [-0.3, -0.25) is 0 Å². The zero-order valence-corrected chi connectivity index (χ0v) is 19.2. The van der Waals surface area contributed by atoms with Gasteiger partial charge in [0.05, 0.1) is 12.7 Å². The fourth-order valence-corrected chi connectivity index (χ4v) is 3.87. The first-order valence-corrected chi connectivity index (χ1v) is 11.2. The Balaban J connectivity index is 0.000000454. The van der Waals surface area contributed by atoms with Gasteiger partial charge in [0.15, 0.2) is 6.61 Å². The quantitative estimate of drug-likeness (QED) is 0.431. The fraction of sp³-hybridized carbons (Fsp3) is 0.308. The highest BCUT2D eigenvalue weighted by atomic mass is 19.4. The minimum Gasteiger partial charge on any atom is -0.482 e. The van der Waals surface area contributed by atoms with Gasteiger partial charge >= 0.3 is 18.1 Å². The van der Waals surface area contributed by atoms with E-state index in [1.807, 2.05) is 24.3 Å². The summed E-state index contributed by atoms with van der Waals surface area (Å²) in [6.45, 7) is 2.02. The highest BCUT2D eigenvalue weighted by Gasteiger charge is 2.38. The Bertz CT molecular complexity index is 1170. The molecule has 0 saturated carbocycles. The summed E-state index contributed by atoms with van der Waals surface area (Å²) < 4.78 is 43.3. The number of ether oxygens (including phenoxy) is 2. The molecule has 0 spiro atoms. The van der Waals surface area contributed by atoms with Crippen molar-refractivity contribution in [2.45, 2.75) is 31.2 Å². The lowest BCUT2D eigenvalue weighted by atomic mass is 9.87. The van der Waals surface area contributed by atoms with Crippen molar-refractivity contribution >= 4 is 22.7 Å². The smallest absolute Gasteiger partial charge is 0.482 e. The van der Waals surface area contributed by atoms with E-state index in [-0.39, 0.29) is 12.7 Å². The second-order valence-electron chi connectivity index (χ2n) is 8.18. The largest absolute Gasteiger partial charge is 0.490 e. The molecule has 0 bridgehead atoms. The Hall–Kier alpha value is -3.63. The first-order valence-electron chi connectivity index (χ1n) is 11.2. The van der Waals surface area contributed by atoms with Crippen molar-refractivity contribution < 1.29 is 42.4 Å². The van der Waals surface area contributed by atoms with E-state index in [9.17, 15) is 18.0 Å². The van der Waals surface area contributed by atoms with Crippen molar-refractivity contribution in [3.8, 4) is 5.75 Å². The third-order valence-corrected chi connectivity index (χ3v) is 5.62. The maximum absolute atomic E-state index is 10.6. The van der Waals surface area contributed by atoms with Gasteiger partial charge in [-0.05, 0) is 53.1 Å². The van der Waals surface area contributed by atoms with Crippen molar-refractivity contribution in [1.29, 1.82) is 0 Å². The van der Waals surface area contributed by atoms with Crippen molar-refractivity contribution in [3.05, 3.63) is 77.9 Å². The molecule has 10 heteroatoms. The molecule has 36 heavy (non-hydrogen) atoms. The fourth-order valence-electron chi connectivity index (χ4n) is 3.87. The molecule has 4 rings (SSSR count). The highest BCUT2D eigenvalue weighted by Crippen LogP contribution is 2.30. The first kappa shape index (κ1) is 27.0. The van der Waals surface area contributed by atoms with E-state index < -0.39 is 18.1 Å². The van der Waals surface area contributed by atoms with E-state index >= 15 is 0 Å². The molecule has 1 fully saturated rings. The summed E-state index contributed by atoms with van der Waals surface area (Å²) in [5.74, 6) is -2.87. The topological polar surface area (TPSA) is 105 Å². The van der Waals surface area contributed by atoms with Gasteiger partial charge in [-0.1, -0.05) is 48.5 Å². The number of benzene rings is 3. The van der Waals surface area contributed by atoms with Crippen molar-refractivity contribution in [2.75, 3.05) is 19.7 Å². The van der Waals surface area contributed by atoms with Crippen LogP contribution >= 0.6 is 0 Å². The molecule has 3 N–H and O–H groups in total. The molecule has 2 atom stereocenters. The third-order valence-electron chi connectivity index (χ3n) is 5.62. The van der Waals surface area contributed by atoms with Crippen molar-refractivity contribution in [3.63, 3.8) is 0 Å². The number of hydrogen-bond donors (Lipinski definition) is 3. The van der Waals surface area contributed by atoms with E-state index in [1.54, 1.807) is 0 Å². The Morgan fingerprint density at radius 1 is 0.972 bits per heavy atom. The Labute approximate surface area is 205 Å². The number of halogens is 3. The summed E-state index contributed by atoms with van der Waals surface area (Å²) in [7, 11) is 0. The lowest BCUT2D eigenvalue weighted by Crippen LogP contribution is -2.40. The third kappa shape index (κ3) is 7.96. The number of carboxylic acid groups (broad SMARTS) is 2. The van der Waals surface area contributed by atoms with Crippen molar-refractivity contribution in [1.82, 2.24) is 5.32 Å². The van der Waals surface area contributed by atoms with Crippen molar-refractivity contribution in [2.24, 2.45) is 0 Å². The predicted octanol–water partition coefficient (Wildman–Crippen LogP) is 4.60. The summed E-state index contributed by atoms with van der Waals surface area (Å²) in [5, 5.41) is 21.7. The number of fused-ring (bicyclic) bond motifs is 1. The number of carbonyl (C=O) groups is 2. The first-order chi connectivity index (χ1) is 17.1. The normalized spacial score (nSPS) is 17.6. The van der Waals surface area contributed by atoms with Gasteiger partial charge in [0.25, 0.3) is 0 Å². The molecule has 1 saturated heterocycles. The van der Waals surface area contributed by atoms with E-state index in [4.69, 9.17) is 24.5 Å². The molecule has 1 heterocycles. The summed E-state index contributed by atoms with van der Waals surface area (Å²) in [5.41, 5.74) is 2.36. The van der Waals surface area contributed by atoms with Crippen LogP contribution in [0.25, 0.3) is 10.8 Å². The number of rotatable bonds is 7. The maximum Gasteiger partial charge on any atom is 0.490 e. The molecule has 0 aliphatic carbocycles. The summed E-state index contributed by atoms with van der Waals surface area (Å²) in [6, 6.07) is 22.5. The van der Waals surface area contributed by atoms with Gasteiger partial charge < -0.3 is 25.0 Å². The van der Waals surface area contributed by atoms with Crippen LogP contribution in [0.1, 0.15) is 23.5 Å². The standard InChI is InChI=1S/C24H25NO4.C2HF3O2/c26-24(27)16-28-21-9-7-19(8-10-21)22-11-12-25-14-23(22)29-15-17-5-6-18-3-1-2-4-20(18)13-17;3-2(4,5)1(6)7/h1-10,13,22-23,25H,11-12,14-16H2,(H,26,27);(H,6,7). The second-order valence-corrected chi connectivity index (χ2v) is 8.18. The lowest BCUT2D eigenvalue weighted by Gasteiger charge is -2.32. The highest BCUT2D eigenvalue weighted by molar-refractivity contribution is 5.82. The molecule has 192 valence electrons. The van der Waals surface area contributed by atoms with Gasteiger partial charge in [-0.2, -0.15) is 13.2 Å². The van der Waals surface area contributed by atoms with Gasteiger partial charge in [-0.25, -0.2) is 9.59 Å². The molecule has 7 nitrogen and oxygen atoms in total. The van der Waals surface area contributed by atoms with Crippen LogP contribution in [0, 0.1) is 0 Å². The number of piperidine rings is 1. The minimum atomic E-state index is -5.08. The van der Waals surface area contributed by atoms with Crippen LogP contribution in [0.15, 0.2) is 66.7 Å². The van der Waals surface area contributed by atoms with Gasteiger partial charge in [0.1, 0.15) is 5.75 Å². The molecule has 3 aromatic carbocycles. The SMILES string of the molecule is O=C(O)C(F)(F)F.O=C(O)COc1ccc(C2CCNCC2OCc2ccc3ccccc3c2)cc1. The molecular formula is C26H26F3NO6. The lowest BCUT2D eigenvalue weighted by molar-refractivity contribution is -0.192. The van der Waals surface area contributed by atoms with E-state index in [0.717, 1.165) is 19.5 Å². The number of aliphatic carboxylic acids is 2. The van der Waals surface area contributed by atoms with E-state index in [2.05, 4.69) is 47.8 Å². The molecule has 0 amide bonds. The predicted molar refractivity (Wildman–Crippen MR) is 126 cm³/mol. The molecule has 3 aromatic rings. The Morgan fingerprint density at radius 2 is 1.64 bits per heavy atom. The molecular weight excluding hydrogens is 479 g/mol. The summed E-state index contributed by atoms with van der Waals surface area (Å²) in [4.78, 5) is 19.5. The summed E-state index contributed by atoms with van der Waals surface area (Å²) >= 11 is 0. The van der Waals surface area contributed by atoms with E-state index in [0.29, 0.717) is 18.3 Å². The Morgan fingerprint density at radius 3 is 2.28 bits per heavy atom. The van der Waals surface area contributed by atoms with Gasteiger partial charge in [0.2, 0.25) is 0 Å². The van der Waals surface area contributed by atoms with Crippen LogP contribution in [-0.2, 0) is 20.9 Å². The maximum atomic E-state index is 10.6. The summed E-state index contributed by atoms with van der Waals surface area (Å²) in [6.07, 6.45) is -4.00. The minimum absolute atomic E-state index is 0.0843. The molecule has 0 radical (unpaired) electrons. The molecule has 2 unspecified atom stereocenters. The number of hydrogen-bond acceptors (Lipinski definition) is 5. The van der Waals surface area contributed by atoms with Crippen LogP contribution in [0.5, 0.6) is 5.75 Å². The monoisotopic (exact) mass is 505 g/mol. The van der Waals surface area contributed by atoms with E-state index in [1.165, 1.54) is 21.9 Å². The van der Waals surface area contributed by atoms with Crippen LogP contribution in [-0.4, -0.2) is 54.1 Å². The molecule has 1 aliphatic rings. The molecule has 1 aliphatic heterocycles. The average Bonchev–Trinajstić information content (AvgIpc) is 2.86. The molecule has 0 aromatic heterocycles.